The largest absolute Gasteiger partial charge is 0.631 e. The van der Waals surface area contributed by atoms with Crippen molar-refractivity contribution in [3.63, 3.8) is 0 Å². The zero-order valence-electron chi connectivity index (χ0n) is 20.3. The Balaban J connectivity index is 0.00000112. The van der Waals surface area contributed by atoms with Crippen LogP contribution in [0.15, 0.2) is 41.9 Å². The summed E-state index contributed by atoms with van der Waals surface area (Å²) < 4.78 is 11.1. The average molecular weight is 559 g/mol. The van der Waals surface area contributed by atoms with Crippen LogP contribution in [0, 0.1) is 5.92 Å². The third kappa shape index (κ3) is 9.56. The minimum absolute atomic E-state index is 0.00276. The molecule has 2 heterocycles. The smallest absolute Gasteiger partial charge is 0.494 e. The zero-order valence-corrected chi connectivity index (χ0v) is 21.8. The summed E-state index contributed by atoms with van der Waals surface area (Å²) in [6, 6.07) is 3.01. The van der Waals surface area contributed by atoms with Crippen LogP contribution in [0.4, 0.5) is 0 Å². The summed E-state index contributed by atoms with van der Waals surface area (Å²) in [6.45, 7) is 4.25. The predicted octanol–water partition coefficient (Wildman–Crippen LogP) is 2.28. The molecule has 2 atom stereocenters. The molecule has 202 valence electrons. The van der Waals surface area contributed by atoms with Crippen LogP contribution in [-0.2, 0) is 19.1 Å². The van der Waals surface area contributed by atoms with Crippen LogP contribution < -0.4 is 5.43 Å². The fraction of sp³-hybridized carbons (Fsp3) is 0.435. The van der Waals surface area contributed by atoms with Gasteiger partial charge in [-0.05, 0) is 48.6 Å². The van der Waals surface area contributed by atoms with Gasteiger partial charge in [-0.2, -0.15) is 0 Å². The van der Waals surface area contributed by atoms with Gasteiger partial charge in [0.15, 0.2) is 12.1 Å². The molecule has 0 radical (unpaired) electrons. The van der Waals surface area contributed by atoms with Crippen LogP contribution in [0.3, 0.4) is 0 Å². The lowest BCUT2D eigenvalue weighted by Crippen LogP contribution is -2.55. The molecule has 2 amide bonds. The SMILES string of the molecule is CC(C)C[C@H](C(=O)O)N(NC(=O)CCC1=COC2CCOC2=C1)C(=O)c1cc(Cl)ccc1Cl.OB(O)O. The minimum atomic E-state index is -2.17. The number of halogens is 2. The van der Waals surface area contributed by atoms with E-state index in [2.05, 4.69) is 5.43 Å². The highest BCUT2D eigenvalue weighted by Gasteiger charge is 2.34. The molecule has 1 saturated heterocycles. The van der Waals surface area contributed by atoms with Crippen molar-refractivity contribution in [2.75, 3.05) is 6.61 Å². The van der Waals surface area contributed by atoms with E-state index in [1.54, 1.807) is 6.26 Å². The second kappa shape index (κ2) is 14.2. The van der Waals surface area contributed by atoms with E-state index in [0.29, 0.717) is 13.0 Å². The molecule has 2 aliphatic heterocycles. The van der Waals surface area contributed by atoms with Crippen LogP contribution in [0.25, 0.3) is 0 Å². The number of nitrogens with zero attached hydrogens (tertiary/aromatic N) is 1. The van der Waals surface area contributed by atoms with Gasteiger partial charge in [-0.3, -0.25) is 15.0 Å². The molecule has 0 aromatic heterocycles. The lowest BCUT2D eigenvalue weighted by atomic mass is 10.0. The maximum absolute atomic E-state index is 13.3. The second-order valence-electron chi connectivity index (χ2n) is 8.67. The van der Waals surface area contributed by atoms with Gasteiger partial charge in [-0.1, -0.05) is 37.0 Å². The van der Waals surface area contributed by atoms with Crippen molar-refractivity contribution >= 4 is 48.3 Å². The number of carboxylic acids is 1. The number of carbonyl (C=O) groups is 3. The number of hydrazine groups is 1. The molecule has 1 unspecified atom stereocenters. The molecular weight excluding hydrogens is 530 g/mol. The van der Waals surface area contributed by atoms with Crippen LogP contribution in [0.2, 0.25) is 10.0 Å². The van der Waals surface area contributed by atoms with E-state index in [0.717, 1.165) is 22.8 Å². The van der Waals surface area contributed by atoms with Crippen molar-refractivity contribution in [2.24, 2.45) is 5.92 Å². The normalized spacial score (nSPS) is 16.6. The highest BCUT2D eigenvalue weighted by Crippen LogP contribution is 2.28. The van der Waals surface area contributed by atoms with Crippen molar-refractivity contribution in [2.45, 2.75) is 51.7 Å². The molecule has 0 saturated carbocycles. The molecule has 11 nitrogen and oxygen atoms in total. The molecule has 3 rings (SSSR count). The van der Waals surface area contributed by atoms with E-state index in [-0.39, 0.29) is 40.5 Å². The van der Waals surface area contributed by atoms with Gasteiger partial charge in [0.2, 0.25) is 5.91 Å². The van der Waals surface area contributed by atoms with Gasteiger partial charge in [0, 0.05) is 17.9 Å². The van der Waals surface area contributed by atoms with Crippen LogP contribution in [0.1, 0.15) is 49.9 Å². The fourth-order valence-corrected chi connectivity index (χ4v) is 3.95. The Labute approximate surface area is 224 Å². The summed E-state index contributed by atoms with van der Waals surface area (Å²) in [5, 5.41) is 32.5. The van der Waals surface area contributed by atoms with Crippen molar-refractivity contribution in [1.82, 2.24) is 10.4 Å². The minimum Gasteiger partial charge on any atom is -0.494 e. The van der Waals surface area contributed by atoms with Gasteiger partial charge >= 0.3 is 13.3 Å². The van der Waals surface area contributed by atoms with E-state index in [1.165, 1.54) is 18.2 Å². The number of carbonyl (C=O) groups excluding carboxylic acids is 2. The molecule has 0 spiro atoms. The summed E-state index contributed by atoms with van der Waals surface area (Å²) in [7, 11) is -2.17. The number of rotatable bonds is 8. The number of allylic oxidation sites excluding steroid dienone is 2. The molecule has 1 fully saturated rings. The van der Waals surface area contributed by atoms with Crippen molar-refractivity contribution in [1.29, 1.82) is 0 Å². The molecule has 5 N–H and O–H groups in total. The molecule has 1 aromatic rings. The number of aliphatic carboxylic acids is 1. The second-order valence-corrected chi connectivity index (χ2v) is 9.51. The van der Waals surface area contributed by atoms with E-state index in [1.807, 2.05) is 19.9 Å². The topological polar surface area (TPSA) is 166 Å². The van der Waals surface area contributed by atoms with Gasteiger partial charge in [0.05, 0.1) is 23.5 Å². The van der Waals surface area contributed by atoms with E-state index in [9.17, 15) is 19.5 Å². The summed E-state index contributed by atoms with van der Waals surface area (Å²) in [5.74, 6) is -1.83. The summed E-state index contributed by atoms with van der Waals surface area (Å²) in [4.78, 5) is 38.0. The Morgan fingerprint density at radius 2 is 1.89 bits per heavy atom. The van der Waals surface area contributed by atoms with Crippen LogP contribution >= 0.6 is 23.2 Å². The summed E-state index contributed by atoms with van der Waals surface area (Å²) in [6.07, 6.45) is 4.61. The lowest BCUT2D eigenvalue weighted by Gasteiger charge is -2.30. The van der Waals surface area contributed by atoms with Gasteiger partial charge in [-0.25, -0.2) is 9.80 Å². The lowest BCUT2D eigenvalue weighted by molar-refractivity contribution is -0.145. The molecule has 0 bridgehead atoms. The maximum atomic E-state index is 13.3. The molecule has 1 aromatic carbocycles. The highest BCUT2D eigenvalue weighted by atomic mass is 35.5. The Morgan fingerprint density at radius 1 is 1.22 bits per heavy atom. The number of fused-ring (bicyclic) bond motifs is 1. The number of hydrogen-bond acceptors (Lipinski definition) is 8. The number of nitrogens with one attached hydrogen (secondary N) is 1. The Kier molecular flexibility index (Phi) is 11.7. The van der Waals surface area contributed by atoms with Crippen LogP contribution in [-0.4, -0.2) is 69.0 Å². The zero-order chi connectivity index (χ0) is 27.7. The van der Waals surface area contributed by atoms with E-state index >= 15 is 0 Å². The third-order valence-corrected chi connectivity index (χ3v) is 5.80. The van der Waals surface area contributed by atoms with Gasteiger partial charge < -0.3 is 29.7 Å². The molecule has 14 heteroatoms. The monoisotopic (exact) mass is 558 g/mol. The predicted molar refractivity (Wildman–Crippen MR) is 135 cm³/mol. The first-order valence-electron chi connectivity index (χ1n) is 11.4. The summed E-state index contributed by atoms with van der Waals surface area (Å²) >= 11 is 12.2. The van der Waals surface area contributed by atoms with E-state index in [4.69, 9.17) is 47.7 Å². The first-order chi connectivity index (χ1) is 17.4. The van der Waals surface area contributed by atoms with E-state index < -0.39 is 31.1 Å². The van der Waals surface area contributed by atoms with Crippen molar-refractivity contribution in [3.05, 3.63) is 57.5 Å². The number of hydrogen-bond donors (Lipinski definition) is 5. The molecule has 37 heavy (non-hydrogen) atoms. The van der Waals surface area contributed by atoms with Crippen molar-refractivity contribution < 1.29 is 44.0 Å². The first kappa shape index (κ1) is 30.5. The van der Waals surface area contributed by atoms with Crippen LogP contribution in [0.5, 0.6) is 0 Å². The number of ether oxygens (including phenoxy) is 2. The first-order valence-corrected chi connectivity index (χ1v) is 12.2. The third-order valence-electron chi connectivity index (χ3n) is 5.23. The summed E-state index contributed by atoms with van der Waals surface area (Å²) in [5.41, 5.74) is 3.24. The molecule has 2 aliphatic rings. The Hall–Kier alpha value is -2.77. The fourth-order valence-electron chi connectivity index (χ4n) is 3.58. The number of amides is 2. The maximum Gasteiger partial charge on any atom is 0.631 e. The van der Waals surface area contributed by atoms with Gasteiger partial charge in [0.25, 0.3) is 5.91 Å². The Morgan fingerprint density at radius 3 is 2.51 bits per heavy atom. The quantitative estimate of drug-likeness (QED) is 0.237. The number of benzene rings is 1. The Bertz CT molecular complexity index is 1050. The standard InChI is InChI=1S/C23H26Cl2N2O6.BH3O3/c1-13(2)9-18(23(30)31)27(22(29)16-11-15(24)4-5-17(16)25)26-21(28)6-3-14-10-20-19(33-12-14)7-8-32-20;2-1(3)4/h4-5,10-13,18-19H,3,6-9H2,1-2H3,(H,26,28)(H,30,31);2-4H/t18-,19?;/m1./s1. The number of carboxylic acid groups (broad SMARTS) is 1. The van der Waals surface area contributed by atoms with Crippen molar-refractivity contribution in [3.8, 4) is 0 Å². The average Bonchev–Trinajstić information content (AvgIpc) is 3.28. The van der Waals surface area contributed by atoms with Gasteiger partial charge in [0.1, 0.15) is 5.76 Å². The molecule has 0 aliphatic carbocycles. The highest BCUT2D eigenvalue weighted by molar-refractivity contribution is 6.35. The van der Waals surface area contributed by atoms with Gasteiger partial charge in [-0.15, -0.1) is 0 Å². The molecular formula is C23H29BCl2N2O9.